The molecule has 0 aliphatic heterocycles. The van der Waals surface area contributed by atoms with Crippen molar-refractivity contribution in [3.8, 4) is 11.5 Å². The summed E-state index contributed by atoms with van der Waals surface area (Å²) in [7, 11) is 0. The van der Waals surface area contributed by atoms with Crippen molar-refractivity contribution < 1.29 is 15.0 Å². The number of carbonyl (C=O) groups excluding carboxylic acids is 1. The van der Waals surface area contributed by atoms with Crippen LogP contribution in [0.25, 0.3) is 6.08 Å². The summed E-state index contributed by atoms with van der Waals surface area (Å²) in [6, 6.07) is 11.9. The zero-order valence-corrected chi connectivity index (χ0v) is 10.8. The summed E-state index contributed by atoms with van der Waals surface area (Å²) in [5.41, 5.74) is 1.99. The third-order valence-corrected chi connectivity index (χ3v) is 2.93. The van der Waals surface area contributed by atoms with E-state index >= 15 is 0 Å². The first-order valence-corrected chi connectivity index (χ1v) is 6.12. The molecule has 0 saturated heterocycles. The average Bonchev–Trinajstić information content (AvgIpc) is 2.48. The molecule has 20 heavy (non-hydrogen) atoms. The van der Waals surface area contributed by atoms with Gasteiger partial charge in [-0.2, -0.15) is 0 Å². The average molecular weight is 269 g/mol. The maximum atomic E-state index is 11.9. The van der Waals surface area contributed by atoms with Crippen LogP contribution in [0.15, 0.2) is 49.0 Å². The van der Waals surface area contributed by atoms with E-state index in [1.54, 1.807) is 6.08 Å². The standard InChI is InChI=1S/C16H15NO3/c1-2-11-6-8-12(9-7-11)10-17-16(20)13-4-3-5-14(18)15(13)19/h2-9,18-19H,1,10H2,(H,17,20). The molecule has 2 aromatic rings. The van der Waals surface area contributed by atoms with Gasteiger partial charge in [-0.15, -0.1) is 0 Å². The first-order valence-electron chi connectivity index (χ1n) is 6.12. The predicted molar refractivity (Wildman–Crippen MR) is 77.5 cm³/mol. The van der Waals surface area contributed by atoms with Crippen molar-refractivity contribution in [1.82, 2.24) is 5.32 Å². The number of amides is 1. The van der Waals surface area contributed by atoms with Gasteiger partial charge in [-0.3, -0.25) is 4.79 Å². The first-order chi connectivity index (χ1) is 9.61. The highest BCUT2D eigenvalue weighted by Gasteiger charge is 2.13. The Morgan fingerprint density at radius 2 is 1.85 bits per heavy atom. The van der Waals surface area contributed by atoms with Crippen LogP contribution in [0.1, 0.15) is 21.5 Å². The number of aromatic hydroxyl groups is 2. The van der Waals surface area contributed by atoms with Crippen LogP contribution in [0.4, 0.5) is 0 Å². The van der Waals surface area contributed by atoms with Crippen molar-refractivity contribution in [3.05, 3.63) is 65.7 Å². The third-order valence-electron chi connectivity index (χ3n) is 2.93. The minimum absolute atomic E-state index is 0.0488. The van der Waals surface area contributed by atoms with E-state index in [1.807, 2.05) is 24.3 Å². The quantitative estimate of drug-likeness (QED) is 0.747. The largest absolute Gasteiger partial charge is 0.504 e. The van der Waals surface area contributed by atoms with E-state index in [4.69, 9.17) is 0 Å². The number of hydrogen-bond donors (Lipinski definition) is 3. The highest BCUT2D eigenvalue weighted by molar-refractivity contribution is 5.97. The van der Waals surface area contributed by atoms with Crippen LogP contribution in [-0.2, 0) is 6.54 Å². The highest BCUT2D eigenvalue weighted by atomic mass is 16.3. The molecule has 0 unspecified atom stereocenters. The van der Waals surface area contributed by atoms with Crippen LogP contribution in [0, 0.1) is 0 Å². The van der Waals surface area contributed by atoms with Crippen molar-refractivity contribution >= 4 is 12.0 Å². The lowest BCUT2D eigenvalue weighted by Crippen LogP contribution is -2.22. The lowest BCUT2D eigenvalue weighted by molar-refractivity contribution is 0.0947. The van der Waals surface area contributed by atoms with E-state index in [0.717, 1.165) is 11.1 Å². The molecule has 0 fully saturated rings. The summed E-state index contributed by atoms with van der Waals surface area (Å²) >= 11 is 0. The van der Waals surface area contributed by atoms with Crippen molar-refractivity contribution in [1.29, 1.82) is 0 Å². The molecule has 2 aromatic carbocycles. The van der Waals surface area contributed by atoms with Crippen LogP contribution in [0.3, 0.4) is 0 Å². The zero-order valence-electron chi connectivity index (χ0n) is 10.8. The fourth-order valence-corrected chi connectivity index (χ4v) is 1.76. The van der Waals surface area contributed by atoms with E-state index in [-0.39, 0.29) is 11.3 Å². The van der Waals surface area contributed by atoms with Crippen LogP contribution < -0.4 is 5.32 Å². The maximum Gasteiger partial charge on any atom is 0.255 e. The van der Waals surface area contributed by atoms with E-state index in [0.29, 0.717) is 6.54 Å². The molecule has 0 heterocycles. The summed E-state index contributed by atoms with van der Waals surface area (Å²) in [5.74, 6) is -1.16. The number of benzene rings is 2. The number of phenols is 2. The molecular formula is C16H15NO3. The van der Waals surface area contributed by atoms with Gasteiger partial charge in [0, 0.05) is 6.54 Å². The van der Waals surface area contributed by atoms with E-state index in [2.05, 4.69) is 11.9 Å². The summed E-state index contributed by atoms with van der Waals surface area (Å²) in [6.07, 6.45) is 1.74. The van der Waals surface area contributed by atoms with Crippen molar-refractivity contribution in [3.63, 3.8) is 0 Å². The number of para-hydroxylation sites is 1. The number of carbonyl (C=O) groups is 1. The normalized spacial score (nSPS) is 10.0. The Morgan fingerprint density at radius 1 is 1.15 bits per heavy atom. The monoisotopic (exact) mass is 269 g/mol. The lowest BCUT2D eigenvalue weighted by atomic mass is 10.1. The van der Waals surface area contributed by atoms with Crippen molar-refractivity contribution in [2.75, 3.05) is 0 Å². The Morgan fingerprint density at radius 3 is 2.50 bits per heavy atom. The molecule has 2 rings (SSSR count). The van der Waals surface area contributed by atoms with Gasteiger partial charge in [0.05, 0.1) is 5.56 Å². The van der Waals surface area contributed by atoms with Crippen molar-refractivity contribution in [2.45, 2.75) is 6.54 Å². The Balaban J connectivity index is 2.04. The van der Waals surface area contributed by atoms with Gasteiger partial charge in [0.15, 0.2) is 11.5 Å². The Labute approximate surface area is 117 Å². The second kappa shape index (κ2) is 5.93. The van der Waals surface area contributed by atoms with Gasteiger partial charge in [-0.05, 0) is 23.3 Å². The van der Waals surface area contributed by atoms with Gasteiger partial charge in [-0.25, -0.2) is 0 Å². The van der Waals surface area contributed by atoms with Crippen LogP contribution in [0.2, 0.25) is 0 Å². The number of hydrogen-bond acceptors (Lipinski definition) is 3. The summed E-state index contributed by atoms with van der Waals surface area (Å²) in [5, 5.41) is 21.6. The van der Waals surface area contributed by atoms with E-state index in [9.17, 15) is 15.0 Å². The maximum absolute atomic E-state index is 11.9. The topological polar surface area (TPSA) is 69.6 Å². The molecule has 0 radical (unpaired) electrons. The molecule has 0 atom stereocenters. The third kappa shape index (κ3) is 2.98. The minimum Gasteiger partial charge on any atom is -0.504 e. The van der Waals surface area contributed by atoms with Gasteiger partial charge in [-0.1, -0.05) is 43.0 Å². The fourth-order valence-electron chi connectivity index (χ4n) is 1.76. The SMILES string of the molecule is C=Cc1ccc(CNC(=O)c2cccc(O)c2O)cc1. The first kappa shape index (κ1) is 13.7. The lowest BCUT2D eigenvalue weighted by Gasteiger charge is -2.08. The van der Waals surface area contributed by atoms with Gasteiger partial charge in [0.2, 0.25) is 0 Å². The zero-order chi connectivity index (χ0) is 14.5. The second-order valence-corrected chi connectivity index (χ2v) is 4.30. The summed E-state index contributed by atoms with van der Waals surface area (Å²) in [4.78, 5) is 11.9. The molecule has 3 N–H and O–H groups in total. The summed E-state index contributed by atoms with van der Waals surface area (Å²) < 4.78 is 0. The molecule has 0 aliphatic rings. The molecule has 0 aromatic heterocycles. The Kier molecular flexibility index (Phi) is 4.05. The molecule has 0 saturated carbocycles. The molecule has 102 valence electrons. The van der Waals surface area contributed by atoms with Crippen LogP contribution in [-0.4, -0.2) is 16.1 Å². The minimum atomic E-state index is -0.439. The summed E-state index contributed by atoms with van der Waals surface area (Å²) in [6.45, 7) is 4.01. The van der Waals surface area contributed by atoms with E-state index in [1.165, 1.54) is 18.2 Å². The van der Waals surface area contributed by atoms with Gasteiger partial charge >= 0.3 is 0 Å². The number of nitrogens with one attached hydrogen (secondary N) is 1. The van der Waals surface area contributed by atoms with Crippen LogP contribution >= 0.6 is 0 Å². The van der Waals surface area contributed by atoms with E-state index < -0.39 is 11.7 Å². The number of phenolic OH excluding ortho intramolecular Hbond substituents is 2. The fraction of sp³-hybridized carbons (Fsp3) is 0.0625. The molecule has 4 heteroatoms. The molecule has 0 aliphatic carbocycles. The highest BCUT2D eigenvalue weighted by Crippen LogP contribution is 2.27. The van der Waals surface area contributed by atoms with Gasteiger partial charge in [0.1, 0.15) is 0 Å². The van der Waals surface area contributed by atoms with Gasteiger partial charge in [0.25, 0.3) is 5.91 Å². The molecule has 0 spiro atoms. The van der Waals surface area contributed by atoms with Crippen LogP contribution in [0.5, 0.6) is 11.5 Å². The van der Waals surface area contributed by atoms with Gasteiger partial charge < -0.3 is 15.5 Å². The Bertz CT molecular complexity index is 633. The Hall–Kier alpha value is -2.75. The molecule has 0 bridgehead atoms. The van der Waals surface area contributed by atoms with Crippen molar-refractivity contribution in [2.24, 2.45) is 0 Å². The predicted octanol–water partition coefficient (Wildman–Crippen LogP) is 2.67. The number of rotatable bonds is 4. The molecule has 1 amide bonds. The second-order valence-electron chi connectivity index (χ2n) is 4.30. The molecular weight excluding hydrogens is 254 g/mol. The smallest absolute Gasteiger partial charge is 0.255 e. The molecule has 4 nitrogen and oxygen atoms in total.